The lowest BCUT2D eigenvalue weighted by Gasteiger charge is -2.22. The molecule has 0 amide bonds. The van der Waals surface area contributed by atoms with Crippen LogP contribution in [0.2, 0.25) is 0 Å². The van der Waals surface area contributed by atoms with Gasteiger partial charge in [0, 0.05) is 25.7 Å². The maximum Gasteiger partial charge on any atom is 0.490 e. The van der Waals surface area contributed by atoms with Crippen molar-refractivity contribution in [2.45, 2.75) is 255 Å². The van der Waals surface area contributed by atoms with Crippen LogP contribution in [-0.4, -0.2) is 380 Å². The van der Waals surface area contributed by atoms with E-state index in [0.29, 0.717) is 39.5 Å². The van der Waals surface area contributed by atoms with Crippen molar-refractivity contribution in [2.75, 3.05) is 219 Å². The van der Waals surface area contributed by atoms with E-state index in [1.54, 1.807) is 27.7 Å². The van der Waals surface area contributed by atoms with Gasteiger partial charge in [-0.1, -0.05) is 38.8 Å². The fraction of sp³-hybridized carbons (Fsp3) is 0.783. The summed E-state index contributed by atoms with van der Waals surface area (Å²) in [5.41, 5.74) is -2.63. The number of carboxylic acids is 3. The third-order valence-electron chi connectivity index (χ3n) is 13.1. The van der Waals surface area contributed by atoms with Crippen LogP contribution in [0.4, 0.5) is 13.2 Å². The summed E-state index contributed by atoms with van der Waals surface area (Å²) in [6, 6.07) is 0. The quantitative estimate of drug-likeness (QED) is 0.0125. The van der Waals surface area contributed by atoms with Gasteiger partial charge in [0.05, 0.1) is 165 Å². The number of aliphatic hydroxyl groups excluding tert-OH is 2. The number of alkyl halides is 3. The van der Waals surface area contributed by atoms with E-state index in [9.17, 15) is 80.3 Å². The second kappa shape index (κ2) is 93.5. The molecule has 0 aromatic rings. The summed E-state index contributed by atoms with van der Waals surface area (Å²) in [5, 5.41) is 41.2. The van der Waals surface area contributed by atoms with Crippen molar-refractivity contribution < 1.29 is 229 Å². The Balaban J connectivity index is -0.000000233. The van der Waals surface area contributed by atoms with Crippen LogP contribution in [0.25, 0.3) is 0 Å². The van der Waals surface area contributed by atoms with Crippen LogP contribution in [-0.2, 0) is 190 Å². The summed E-state index contributed by atoms with van der Waals surface area (Å²) in [4.78, 5) is 149. The minimum absolute atomic E-state index is 0.0356. The average Bonchev–Trinajstić information content (AvgIpc) is 0.894. The van der Waals surface area contributed by atoms with Crippen LogP contribution in [0.3, 0.4) is 0 Å². The Bertz CT molecular complexity index is 3230. The van der Waals surface area contributed by atoms with Crippen LogP contribution in [0.15, 0.2) is 38.0 Å². The largest absolute Gasteiger partial charge is 0.490 e. The molecule has 0 saturated carbocycles. The first-order valence-electron chi connectivity index (χ1n) is 44.7. The number of hydrogen-bond donors (Lipinski definition) is 5. The Labute approximate surface area is 821 Å². The molecular weight excluding hydrogens is 1880 g/mol. The van der Waals surface area contributed by atoms with Gasteiger partial charge in [0.15, 0.2) is 12.6 Å². The van der Waals surface area contributed by atoms with Crippen LogP contribution >= 0.6 is 0 Å². The van der Waals surface area contributed by atoms with Crippen LogP contribution in [0, 0.1) is 0 Å². The van der Waals surface area contributed by atoms with Crippen molar-refractivity contribution in [2.24, 2.45) is 0 Å². The molecule has 0 radical (unpaired) electrons. The molecule has 0 aromatic heterocycles. The molecule has 0 bridgehead atoms. The first-order valence-corrected chi connectivity index (χ1v) is 44.7. The number of rotatable bonds is 56. The molecule has 140 heavy (non-hydrogen) atoms. The number of carbonyl (C=O) groups excluding carboxylic acids is 11. The van der Waals surface area contributed by atoms with Gasteiger partial charge in [-0.05, 0) is 163 Å². The van der Waals surface area contributed by atoms with Crippen molar-refractivity contribution in [1.82, 2.24) is 0 Å². The van der Waals surface area contributed by atoms with E-state index in [4.69, 9.17) is 120 Å². The van der Waals surface area contributed by atoms with E-state index >= 15 is 0 Å². The van der Waals surface area contributed by atoms with E-state index in [-0.39, 0.29) is 218 Å². The van der Waals surface area contributed by atoms with Gasteiger partial charge in [-0.2, -0.15) is 13.2 Å². The molecule has 5 N–H and O–H groups in total. The van der Waals surface area contributed by atoms with Crippen molar-refractivity contribution in [3.05, 3.63) is 38.0 Å². The molecule has 822 valence electrons. The molecule has 2 heterocycles. The van der Waals surface area contributed by atoms with E-state index in [1.165, 1.54) is 32.8 Å². The molecule has 2 aliphatic heterocycles. The number of methoxy groups -OCH3 is 2. The van der Waals surface area contributed by atoms with E-state index < -0.39 is 102 Å². The zero-order valence-corrected chi connectivity index (χ0v) is 85.9. The van der Waals surface area contributed by atoms with E-state index in [2.05, 4.69) is 48.2 Å². The van der Waals surface area contributed by atoms with Gasteiger partial charge in [-0.25, -0.2) is 43.2 Å². The molecule has 45 nitrogen and oxygen atoms in total. The number of ether oxygens (including phenoxy) is 26. The van der Waals surface area contributed by atoms with Crippen molar-refractivity contribution in [3.63, 3.8) is 0 Å². The summed E-state index contributed by atoms with van der Waals surface area (Å²) in [6.07, 6.45) is 6.37. The molecule has 48 heteroatoms. The molecule has 2 fully saturated rings. The lowest BCUT2D eigenvalue weighted by molar-refractivity contribution is -0.200. The third-order valence-corrected chi connectivity index (χ3v) is 13.1. The highest BCUT2D eigenvalue weighted by molar-refractivity contribution is 5.81. The first kappa shape index (κ1) is 146. The number of carbonyl (C=O) groups is 14. The standard InChI is InChI=1S/C14H24O6.C13H24O5.C12H22O6.C11H20O6.C10H16O6.C7H14O3.C7H14O2.C7H12O2.C6H7F3O5.C5H10O4/c1-5-7-19-13(16)11-18-10-9-17-8-6-12(15)20-14(2,3)4;1-13(2,3)18-11(14)10-15-8-9-17-12-6-4-5-7-16-12;1-12(2,3)18-10(13)5-6-16-7-8-17-9-11(14)15-4;1-11(2,3)17-10(14)4-5-15-6-7-16-8-9(12)13;1-2-4-16-10(13)8-15-7-6-14-5-3-9(11)12;8-4-6-10-7-3-1-2-5-9-7;2*1-5-6(8)9-7(2,3)4;7-6(8,9)5(12)14-2-1-13-3-4(10)11;1-8-5(7)4-9-3-2-6/h5H,1,6-11H2,2-4H3;12H,4-10H2,1-3H3;5-9H2,1-4H3;4-8H2,1-3H3,(H,12,13);2H,1,3-8H2,(H,11,12);7-8H,1-6H2;5H2,1-4H3;5H,1H2,2-4H3;1-3H2,(H,10,11);6H,2-4H2,1H3. The third kappa shape index (κ3) is 137. The van der Waals surface area contributed by atoms with Gasteiger partial charge in [0.25, 0.3) is 0 Å². The second-order valence-corrected chi connectivity index (χ2v) is 33.5. The van der Waals surface area contributed by atoms with Crippen molar-refractivity contribution in [1.29, 1.82) is 0 Å². The van der Waals surface area contributed by atoms with Gasteiger partial charge < -0.3 is 149 Å². The Morgan fingerprint density at radius 1 is 0.321 bits per heavy atom. The van der Waals surface area contributed by atoms with Gasteiger partial charge >= 0.3 is 89.7 Å². The normalized spacial score (nSPS) is 13.1. The zero-order valence-electron chi connectivity index (χ0n) is 85.9. The topological polar surface area (TPSA) is 580 Å². The minimum Gasteiger partial charge on any atom is -0.481 e. The molecule has 2 saturated heterocycles. The first-order chi connectivity index (χ1) is 65.1. The predicted octanol–water partition coefficient (Wildman–Crippen LogP) is 8.49. The summed E-state index contributed by atoms with van der Waals surface area (Å²) >= 11 is 0. The number of aliphatic hydroxyl groups is 2. The monoisotopic (exact) mass is 2050 g/mol. The highest BCUT2D eigenvalue weighted by atomic mass is 19.4. The molecule has 0 aliphatic carbocycles. The highest BCUT2D eigenvalue weighted by Crippen LogP contribution is 2.18. The summed E-state index contributed by atoms with van der Waals surface area (Å²) in [7, 11) is 2.58. The Hall–Kier alpha value is -9.09. The fourth-order valence-corrected chi connectivity index (χ4v) is 7.86. The number of aliphatic carboxylic acids is 3. The lowest BCUT2D eigenvalue weighted by atomic mass is 10.2. The van der Waals surface area contributed by atoms with Gasteiger partial charge in [0.1, 0.15) is 99.7 Å². The fourth-order valence-electron chi connectivity index (χ4n) is 7.86. The molecule has 2 aliphatic rings. The van der Waals surface area contributed by atoms with Crippen molar-refractivity contribution in [3.8, 4) is 0 Å². The van der Waals surface area contributed by atoms with Gasteiger partial charge in [0.2, 0.25) is 0 Å². The van der Waals surface area contributed by atoms with Gasteiger partial charge in [-0.3, -0.25) is 24.0 Å². The molecule has 2 unspecified atom stereocenters. The SMILES string of the molecule is C=CC(=O)OC(C)(C)C.C=CCOC(=O)COCCOCCC(=O)O.C=CCOC(=O)COCCOCCC(=O)OC(C)(C)C.CC(C)(C)OC(=O)CCOCCOCC(=O)O.CC(C)(C)OC(=O)COCCOC1CCCCO1.CCC(=O)OC(C)(C)C.COC(=O)COCCO.COC(=O)COCCOCCC(=O)OC(C)(C)C.O=C(O)COCCOC(=O)C(F)(F)F.OCCOC1CCCCO1. The second-order valence-electron chi connectivity index (χ2n) is 33.5. The molecule has 0 aromatic carbocycles. The smallest absolute Gasteiger partial charge is 0.481 e. The highest BCUT2D eigenvalue weighted by Gasteiger charge is 2.41. The van der Waals surface area contributed by atoms with Crippen LogP contribution < -0.4 is 0 Å². The molecule has 2 atom stereocenters. The number of hydrogen-bond acceptors (Lipinski definition) is 42. The maximum absolute atomic E-state index is 11.5. The Morgan fingerprint density at radius 2 is 0.607 bits per heavy atom. The Kier molecular flexibility index (Phi) is 97.7. The van der Waals surface area contributed by atoms with Crippen LogP contribution in [0.5, 0.6) is 0 Å². The van der Waals surface area contributed by atoms with E-state index in [0.717, 1.165) is 51.4 Å². The molecular formula is C92H163F3O45. The number of halogens is 3. The molecule has 2 rings (SSSR count). The van der Waals surface area contributed by atoms with Crippen molar-refractivity contribution >= 4 is 83.6 Å². The number of carboxylic acid groups (broad SMARTS) is 3. The lowest BCUT2D eigenvalue weighted by Crippen LogP contribution is -2.27. The summed E-state index contributed by atoms with van der Waals surface area (Å²) < 4.78 is 162. The van der Waals surface area contributed by atoms with Gasteiger partial charge in [-0.15, -0.1) is 0 Å². The molecule has 0 spiro atoms. The average molecular weight is 2050 g/mol. The maximum atomic E-state index is 11.5. The Morgan fingerprint density at radius 3 is 0.879 bits per heavy atom. The number of esters is 11. The predicted molar refractivity (Wildman–Crippen MR) is 493 cm³/mol. The van der Waals surface area contributed by atoms with Crippen LogP contribution in [0.1, 0.15) is 202 Å². The summed E-state index contributed by atoms with van der Waals surface area (Å²) in [6.45, 7) is 48.5. The minimum atomic E-state index is -5.03. The van der Waals surface area contributed by atoms with E-state index in [1.807, 2.05) is 104 Å². The zero-order chi connectivity index (χ0) is 109. The summed E-state index contributed by atoms with van der Waals surface area (Å²) in [5.74, 6) is -9.04.